The Morgan fingerprint density at radius 2 is 1.29 bits per heavy atom. The molecule has 0 radical (unpaired) electrons. The monoisotopic (exact) mass is 209 g/mol. The van der Waals surface area contributed by atoms with Gasteiger partial charge in [0.05, 0.1) is 8.48 Å². The molecule has 0 aromatic rings. The zero-order chi connectivity index (χ0) is 10.9. The van der Waals surface area contributed by atoms with Crippen LogP contribution in [0.5, 0.6) is 0 Å². The van der Waals surface area contributed by atoms with E-state index < -0.39 is 8.48 Å². The van der Waals surface area contributed by atoms with E-state index in [0.29, 0.717) is 0 Å². The van der Waals surface area contributed by atoms with E-state index in [4.69, 9.17) is 9.41 Å². The van der Waals surface area contributed by atoms with Crippen molar-refractivity contribution in [1.29, 1.82) is 0 Å². The van der Waals surface area contributed by atoms with Crippen LogP contribution in [0.3, 0.4) is 0 Å². The summed E-state index contributed by atoms with van der Waals surface area (Å²) in [5.74, 6) is 0. The molecule has 0 amide bonds. The second kappa shape index (κ2) is 5.18. The van der Waals surface area contributed by atoms with Gasteiger partial charge in [0.25, 0.3) is 0 Å². The first-order valence-electron chi connectivity index (χ1n) is 4.86. The van der Waals surface area contributed by atoms with Crippen LogP contribution in [-0.4, -0.2) is 19.6 Å². The molecular formula is C10H24LiNOSi. The van der Waals surface area contributed by atoms with Gasteiger partial charge in [-0.05, 0) is 20.8 Å². The molecule has 0 N–H and O–H groups in total. The third-order valence-electron chi connectivity index (χ3n) is 1.16. The van der Waals surface area contributed by atoms with Gasteiger partial charge in [-0.15, -0.1) is 5.54 Å². The molecule has 0 bridgehead atoms. The second-order valence-corrected chi connectivity index (χ2v) is 9.27. The first-order chi connectivity index (χ1) is 5.41. The van der Waals surface area contributed by atoms with Gasteiger partial charge in [0.2, 0.25) is 0 Å². The largest absolute Gasteiger partial charge is 1.00 e. The molecule has 0 aliphatic rings. The molecule has 0 saturated heterocycles. The molecule has 4 heteroatoms. The summed E-state index contributed by atoms with van der Waals surface area (Å²) in [5, 5.41) is 0. The molecule has 0 aromatic carbocycles. The molecule has 0 saturated carbocycles. The van der Waals surface area contributed by atoms with Crippen LogP contribution < -0.4 is 18.9 Å². The fraction of sp³-hybridized carbons (Fsp3) is 1.00. The van der Waals surface area contributed by atoms with Crippen molar-refractivity contribution in [3.63, 3.8) is 0 Å². The van der Waals surface area contributed by atoms with Crippen molar-refractivity contribution in [2.45, 2.75) is 65.8 Å². The Bertz CT molecular complexity index is 152. The van der Waals surface area contributed by atoms with E-state index in [0.717, 1.165) is 0 Å². The van der Waals surface area contributed by atoms with E-state index in [1.165, 1.54) is 0 Å². The van der Waals surface area contributed by atoms with Crippen molar-refractivity contribution < 1.29 is 23.3 Å². The van der Waals surface area contributed by atoms with Crippen LogP contribution in [0.1, 0.15) is 41.5 Å². The quantitative estimate of drug-likeness (QED) is 0.613. The molecule has 0 unspecified atom stereocenters. The topological polar surface area (TPSA) is 23.3 Å². The average molecular weight is 209 g/mol. The molecule has 0 aromatic heterocycles. The van der Waals surface area contributed by atoms with Gasteiger partial charge in [-0.3, -0.25) is 0 Å². The Morgan fingerprint density at radius 3 is 1.50 bits per heavy atom. The van der Waals surface area contributed by atoms with Crippen LogP contribution in [0.4, 0.5) is 0 Å². The van der Waals surface area contributed by atoms with Gasteiger partial charge < -0.3 is 9.41 Å². The minimum atomic E-state index is -1.85. The van der Waals surface area contributed by atoms with Gasteiger partial charge in [-0.1, -0.05) is 33.9 Å². The van der Waals surface area contributed by atoms with Crippen LogP contribution >= 0.6 is 0 Å². The van der Waals surface area contributed by atoms with Crippen molar-refractivity contribution >= 4 is 8.48 Å². The maximum absolute atomic E-state index is 5.97. The zero-order valence-corrected chi connectivity index (χ0v) is 12.4. The number of hydrogen-bond acceptors (Lipinski definition) is 1. The molecule has 0 atom stereocenters. The average Bonchev–Trinajstić information content (AvgIpc) is 1.43. The summed E-state index contributed by atoms with van der Waals surface area (Å²) >= 11 is 0. The zero-order valence-electron chi connectivity index (χ0n) is 11.4. The molecule has 0 aliphatic heterocycles. The Labute approximate surface area is 103 Å². The maximum atomic E-state index is 5.97. The molecule has 0 rings (SSSR count). The fourth-order valence-electron chi connectivity index (χ4n) is 1.58. The SMILES string of the molecule is CC(C)(C)[N-][Si](C)(C)OC(C)(C)C.[Li+]. The Morgan fingerprint density at radius 1 is 0.929 bits per heavy atom. The summed E-state index contributed by atoms with van der Waals surface area (Å²) < 4.78 is 5.97. The van der Waals surface area contributed by atoms with Crippen molar-refractivity contribution in [3.05, 3.63) is 4.98 Å². The van der Waals surface area contributed by atoms with Gasteiger partial charge in [0.1, 0.15) is 0 Å². The van der Waals surface area contributed by atoms with Gasteiger partial charge in [-0.2, -0.15) is 0 Å². The van der Waals surface area contributed by atoms with Crippen LogP contribution in [-0.2, 0) is 4.43 Å². The van der Waals surface area contributed by atoms with Crippen LogP contribution in [0, 0.1) is 0 Å². The predicted molar refractivity (Wildman–Crippen MR) is 61.4 cm³/mol. The minimum absolute atomic E-state index is 0. The summed E-state index contributed by atoms with van der Waals surface area (Å²) in [6, 6.07) is 0. The summed E-state index contributed by atoms with van der Waals surface area (Å²) in [5.41, 5.74) is -0.0640. The first-order valence-corrected chi connectivity index (χ1v) is 7.71. The molecule has 0 aliphatic carbocycles. The molecule has 0 heterocycles. The van der Waals surface area contributed by atoms with E-state index in [1.807, 2.05) is 0 Å². The minimum Gasteiger partial charge on any atom is -0.637 e. The van der Waals surface area contributed by atoms with Crippen molar-refractivity contribution in [2.75, 3.05) is 0 Å². The predicted octanol–water partition coefficient (Wildman–Crippen LogP) is 0.680. The third-order valence-corrected chi connectivity index (χ3v) is 3.48. The van der Waals surface area contributed by atoms with E-state index in [9.17, 15) is 0 Å². The van der Waals surface area contributed by atoms with Gasteiger partial charge in [-0.25, -0.2) is 0 Å². The normalized spacial score (nSPS) is 13.7. The molecule has 14 heavy (non-hydrogen) atoms. The van der Waals surface area contributed by atoms with Crippen molar-refractivity contribution in [3.8, 4) is 0 Å². The van der Waals surface area contributed by atoms with Crippen molar-refractivity contribution in [1.82, 2.24) is 0 Å². The van der Waals surface area contributed by atoms with Crippen LogP contribution in [0.25, 0.3) is 4.98 Å². The summed E-state index contributed by atoms with van der Waals surface area (Å²) in [6.45, 7) is 16.9. The van der Waals surface area contributed by atoms with Gasteiger partial charge in [0, 0.05) is 5.60 Å². The Hall–Kier alpha value is 0.734. The molecule has 0 spiro atoms. The second-order valence-electron chi connectivity index (χ2n) is 5.94. The summed E-state index contributed by atoms with van der Waals surface area (Å²) in [6.07, 6.45) is 0. The smallest absolute Gasteiger partial charge is 0.637 e. The summed E-state index contributed by atoms with van der Waals surface area (Å²) in [4.78, 5) is 4.74. The molecule has 0 fully saturated rings. The van der Waals surface area contributed by atoms with Crippen LogP contribution in [0.2, 0.25) is 13.1 Å². The van der Waals surface area contributed by atoms with Crippen LogP contribution in [0.15, 0.2) is 0 Å². The Kier molecular flexibility index (Phi) is 6.34. The van der Waals surface area contributed by atoms with Gasteiger partial charge in [0.15, 0.2) is 0 Å². The standard InChI is InChI=1S/C10H24NOSi.Li/c1-9(2,3)11-13(7,8)12-10(4,5)6;/h1-8H3;/q-1;+1. The van der Waals surface area contributed by atoms with E-state index in [-0.39, 0.29) is 30.0 Å². The van der Waals surface area contributed by atoms with E-state index in [1.54, 1.807) is 0 Å². The number of nitrogens with zero attached hydrogens (tertiary/aromatic N) is 1. The molecular weight excluding hydrogens is 185 g/mol. The van der Waals surface area contributed by atoms with E-state index >= 15 is 0 Å². The third kappa shape index (κ3) is 10.8. The number of hydrogen-bond donors (Lipinski definition) is 0. The summed E-state index contributed by atoms with van der Waals surface area (Å²) in [7, 11) is -1.85. The number of rotatable bonds is 2. The Balaban J connectivity index is 0. The van der Waals surface area contributed by atoms with Crippen molar-refractivity contribution in [2.24, 2.45) is 0 Å². The maximum Gasteiger partial charge on any atom is 1.00 e. The van der Waals surface area contributed by atoms with Gasteiger partial charge >= 0.3 is 18.9 Å². The van der Waals surface area contributed by atoms with E-state index in [2.05, 4.69) is 54.6 Å². The fourth-order valence-corrected chi connectivity index (χ4v) is 4.74. The first kappa shape index (κ1) is 17.1. The molecule has 2 nitrogen and oxygen atoms in total. The molecule has 80 valence electrons.